The Bertz CT molecular complexity index is 1020. The fraction of sp³-hybridized carbons (Fsp3) is 0.0952. The van der Waals surface area contributed by atoms with Crippen LogP contribution < -0.4 is 0 Å². The van der Waals surface area contributed by atoms with E-state index < -0.39 is 0 Å². The number of aromatic nitrogens is 3. The van der Waals surface area contributed by atoms with Crippen LogP contribution in [0.2, 0.25) is 0 Å². The number of halogens is 1. The van der Waals surface area contributed by atoms with Crippen LogP contribution in [-0.4, -0.2) is 15.0 Å². The smallest absolute Gasteiger partial charge is 0.123 e. The summed E-state index contributed by atoms with van der Waals surface area (Å²) in [5.41, 5.74) is 4.81. The van der Waals surface area contributed by atoms with Gasteiger partial charge in [0.05, 0.1) is 16.7 Å². The third-order valence-electron chi connectivity index (χ3n) is 3.99. The molecule has 0 aliphatic rings. The predicted octanol–water partition coefficient (Wildman–Crippen LogP) is 5.05. The molecule has 4 aromatic rings. The third-order valence-corrected chi connectivity index (χ3v) is 5.07. The number of hydrogen-bond acceptors (Lipinski definition) is 4. The SMILES string of the molecule is Fc1ccc(Cc2nc3ccccc3nc2SCc2cccnc2)cc1. The van der Waals surface area contributed by atoms with Crippen LogP contribution in [-0.2, 0) is 12.2 Å². The van der Waals surface area contributed by atoms with E-state index in [1.165, 1.54) is 12.1 Å². The van der Waals surface area contributed by atoms with E-state index in [2.05, 4.69) is 4.98 Å². The Morgan fingerprint density at radius 3 is 2.31 bits per heavy atom. The van der Waals surface area contributed by atoms with Gasteiger partial charge in [0, 0.05) is 24.6 Å². The van der Waals surface area contributed by atoms with Gasteiger partial charge < -0.3 is 0 Å². The third kappa shape index (κ3) is 3.89. The van der Waals surface area contributed by atoms with Gasteiger partial charge in [-0.05, 0) is 41.5 Å². The van der Waals surface area contributed by atoms with E-state index in [0.717, 1.165) is 38.6 Å². The summed E-state index contributed by atoms with van der Waals surface area (Å²) in [6, 6.07) is 18.4. The first-order chi connectivity index (χ1) is 12.8. The first-order valence-electron chi connectivity index (χ1n) is 8.30. The van der Waals surface area contributed by atoms with Crippen LogP contribution in [0.1, 0.15) is 16.8 Å². The quantitative estimate of drug-likeness (QED) is 0.467. The molecule has 0 spiro atoms. The molecule has 2 aromatic heterocycles. The second-order valence-corrected chi connectivity index (χ2v) is 6.88. The summed E-state index contributed by atoms with van der Waals surface area (Å²) in [6.45, 7) is 0. The van der Waals surface area contributed by atoms with Gasteiger partial charge in [-0.25, -0.2) is 14.4 Å². The molecule has 0 N–H and O–H groups in total. The summed E-state index contributed by atoms with van der Waals surface area (Å²) in [4.78, 5) is 13.8. The van der Waals surface area contributed by atoms with E-state index in [-0.39, 0.29) is 5.82 Å². The lowest BCUT2D eigenvalue weighted by Crippen LogP contribution is -2.00. The molecule has 0 saturated carbocycles. The highest BCUT2D eigenvalue weighted by atomic mass is 32.2. The molecular weight excluding hydrogens is 345 g/mol. The van der Waals surface area contributed by atoms with Crippen LogP contribution in [0.15, 0.2) is 78.1 Å². The van der Waals surface area contributed by atoms with Crippen LogP contribution in [0, 0.1) is 5.82 Å². The molecule has 0 bridgehead atoms. The Kier molecular flexibility index (Phi) is 4.88. The number of fused-ring (bicyclic) bond motifs is 1. The van der Waals surface area contributed by atoms with Crippen molar-refractivity contribution in [1.82, 2.24) is 15.0 Å². The molecule has 0 radical (unpaired) electrons. The Balaban J connectivity index is 1.67. The molecule has 0 unspecified atom stereocenters. The van der Waals surface area contributed by atoms with Gasteiger partial charge >= 0.3 is 0 Å². The number of benzene rings is 2. The molecule has 0 amide bonds. The van der Waals surface area contributed by atoms with Gasteiger partial charge in [-0.2, -0.15) is 0 Å². The molecular formula is C21H16FN3S. The number of hydrogen-bond donors (Lipinski definition) is 0. The van der Waals surface area contributed by atoms with Gasteiger partial charge in [-0.1, -0.05) is 42.1 Å². The fourth-order valence-corrected chi connectivity index (χ4v) is 3.60. The van der Waals surface area contributed by atoms with Gasteiger partial charge in [-0.15, -0.1) is 0 Å². The minimum Gasteiger partial charge on any atom is -0.264 e. The molecule has 0 aliphatic heterocycles. The first kappa shape index (κ1) is 16.7. The normalized spacial score (nSPS) is 11.0. The number of pyridine rings is 1. The monoisotopic (exact) mass is 361 g/mol. The molecule has 4 rings (SSSR count). The fourth-order valence-electron chi connectivity index (χ4n) is 2.68. The van der Waals surface area contributed by atoms with Crippen LogP contribution in [0.4, 0.5) is 4.39 Å². The summed E-state index contributed by atoms with van der Waals surface area (Å²) in [5.74, 6) is 0.543. The van der Waals surface area contributed by atoms with E-state index in [1.54, 1.807) is 30.1 Å². The summed E-state index contributed by atoms with van der Waals surface area (Å²) in [5, 5.41) is 0.900. The molecule has 0 aliphatic carbocycles. The van der Waals surface area contributed by atoms with Crippen molar-refractivity contribution in [2.24, 2.45) is 0 Å². The summed E-state index contributed by atoms with van der Waals surface area (Å²) in [6.07, 6.45) is 4.25. The van der Waals surface area contributed by atoms with Gasteiger partial charge in [0.25, 0.3) is 0 Å². The van der Waals surface area contributed by atoms with Crippen molar-refractivity contribution < 1.29 is 4.39 Å². The largest absolute Gasteiger partial charge is 0.264 e. The minimum absolute atomic E-state index is 0.232. The second-order valence-electron chi connectivity index (χ2n) is 5.92. The van der Waals surface area contributed by atoms with Gasteiger partial charge in [0.15, 0.2) is 0 Å². The van der Waals surface area contributed by atoms with Crippen LogP contribution in [0.5, 0.6) is 0 Å². The summed E-state index contributed by atoms with van der Waals surface area (Å²) >= 11 is 1.65. The van der Waals surface area contributed by atoms with E-state index in [4.69, 9.17) is 9.97 Å². The van der Waals surface area contributed by atoms with E-state index in [1.807, 2.05) is 42.6 Å². The first-order valence-corrected chi connectivity index (χ1v) is 9.28. The standard InChI is InChI=1S/C21H16FN3S/c22-17-9-7-15(8-10-17)12-20-21(26-14-16-4-3-11-23-13-16)25-19-6-2-1-5-18(19)24-20/h1-11,13H,12,14H2. The lowest BCUT2D eigenvalue weighted by Gasteiger charge is -2.10. The lowest BCUT2D eigenvalue weighted by atomic mass is 10.1. The number of para-hydroxylation sites is 2. The highest BCUT2D eigenvalue weighted by Crippen LogP contribution is 2.27. The van der Waals surface area contributed by atoms with E-state index in [9.17, 15) is 4.39 Å². The van der Waals surface area contributed by atoms with Crippen molar-refractivity contribution in [3.63, 3.8) is 0 Å². The van der Waals surface area contributed by atoms with Crippen LogP contribution in [0.25, 0.3) is 11.0 Å². The number of nitrogens with zero attached hydrogens (tertiary/aromatic N) is 3. The molecule has 0 atom stereocenters. The molecule has 3 nitrogen and oxygen atoms in total. The maximum Gasteiger partial charge on any atom is 0.123 e. The Labute approximate surface area is 155 Å². The van der Waals surface area contributed by atoms with Crippen molar-refractivity contribution in [2.75, 3.05) is 0 Å². The molecule has 128 valence electrons. The molecule has 26 heavy (non-hydrogen) atoms. The summed E-state index contributed by atoms with van der Waals surface area (Å²) in [7, 11) is 0. The number of rotatable bonds is 5. The maximum atomic E-state index is 13.2. The zero-order chi connectivity index (χ0) is 17.8. The Morgan fingerprint density at radius 2 is 1.58 bits per heavy atom. The van der Waals surface area contributed by atoms with Gasteiger partial charge in [0.2, 0.25) is 0 Å². The molecule has 5 heteroatoms. The minimum atomic E-state index is -0.232. The van der Waals surface area contributed by atoms with Crippen LogP contribution in [0.3, 0.4) is 0 Å². The maximum absolute atomic E-state index is 13.2. The topological polar surface area (TPSA) is 38.7 Å². The number of thioether (sulfide) groups is 1. The summed E-state index contributed by atoms with van der Waals surface area (Å²) < 4.78 is 13.2. The second kappa shape index (κ2) is 7.62. The zero-order valence-corrected chi connectivity index (χ0v) is 14.8. The van der Waals surface area contributed by atoms with E-state index in [0.29, 0.717) is 6.42 Å². The molecule has 0 saturated heterocycles. The van der Waals surface area contributed by atoms with Crippen LogP contribution >= 0.6 is 11.8 Å². The zero-order valence-electron chi connectivity index (χ0n) is 14.0. The highest BCUT2D eigenvalue weighted by molar-refractivity contribution is 7.98. The van der Waals surface area contributed by atoms with Crippen molar-refractivity contribution in [3.05, 3.63) is 95.7 Å². The lowest BCUT2D eigenvalue weighted by molar-refractivity contribution is 0.627. The van der Waals surface area contributed by atoms with Gasteiger partial charge in [-0.3, -0.25) is 4.98 Å². The van der Waals surface area contributed by atoms with Gasteiger partial charge in [0.1, 0.15) is 10.8 Å². The predicted molar refractivity (Wildman–Crippen MR) is 103 cm³/mol. The van der Waals surface area contributed by atoms with Crippen molar-refractivity contribution in [2.45, 2.75) is 17.2 Å². The van der Waals surface area contributed by atoms with E-state index >= 15 is 0 Å². The van der Waals surface area contributed by atoms with Crippen molar-refractivity contribution in [1.29, 1.82) is 0 Å². The average Bonchev–Trinajstić information content (AvgIpc) is 2.69. The van der Waals surface area contributed by atoms with Crippen molar-refractivity contribution >= 4 is 22.8 Å². The Hall–Kier alpha value is -2.79. The molecule has 2 aromatic carbocycles. The molecule has 0 fully saturated rings. The Morgan fingerprint density at radius 1 is 0.808 bits per heavy atom. The highest BCUT2D eigenvalue weighted by Gasteiger charge is 2.11. The average molecular weight is 361 g/mol. The molecule has 2 heterocycles. The van der Waals surface area contributed by atoms with Crippen molar-refractivity contribution in [3.8, 4) is 0 Å².